The minimum atomic E-state index is 0.544. The van der Waals surface area contributed by atoms with Gasteiger partial charge >= 0.3 is 0 Å². The number of hydrogen-bond donors (Lipinski definition) is 1. The lowest BCUT2D eigenvalue weighted by Crippen LogP contribution is -2.39. The number of aromatic nitrogens is 1. The molecule has 0 amide bonds. The highest BCUT2D eigenvalue weighted by Gasteiger charge is 2.11. The van der Waals surface area contributed by atoms with Crippen molar-refractivity contribution in [2.75, 3.05) is 20.1 Å². The molecule has 0 radical (unpaired) electrons. The van der Waals surface area contributed by atoms with Crippen molar-refractivity contribution in [1.82, 2.24) is 15.2 Å². The lowest BCUT2D eigenvalue weighted by atomic mass is 10.2. The van der Waals surface area contributed by atoms with Crippen molar-refractivity contribution < 1.29 is 0 Å². The van der Waals surface area contributed by atoms with Gasteiger partial charge in [-0.2, -0.15) is 0 Å². The van der Waals surface area contributed by atoms with E-state index in [1.165, 1.54) is 0 Å². The zero-order chi connectivity index (χ0) is 11.1. The Labute approximate surface area is 92.5 Å². The van der Waals surface area contributed by atoms with Crippen LogP contribution in [-0.4, -0.2) is 36.1 Å². The summed E-state index contributed by atoms with van der Waals surface area (Å²) in [6, 6.07) is 6.62. The number of pyridine rings is 1. The largest absolute Gasteiger partial charge is 0.318 e. The molecule has 3 heteroatoms. The molecule has 0 saturated carbocycles. The molecule has 1 atom stereocenters. The van der Waals surface area contributed by atoms with Crippen LogP contribution >= 0.6 is 0 Å². The molecule has 3 nitrogen and oxygen atoms in total. The average molecular weight is 207 g/mol. The molecule has 0 saturated heterocycles. The molecule has 84 valence electrons. The molecular weight excluding hydrogens is 186 g/mol. The van der Waals surface area contributed by atoms with Gasteiger partial charge in [0.2, 0.25) is 0 Å². The predicted octanol–water partition coefficient (Wildman–Crippen LogP) is 1.51. The molecule has 0 bridgehead atoms. The summed E-state index contributed by atoms with van der Waals surface area (Å²) in [7, 11) is 1.99. The van der Waals surface area contributed by atoms with Crippen LogP contribution in [0, 0.1) is 0 Å². The molecule has 0 aromatic carbocycles. The van der Waals surface area contributed by atoms with E-state index in [2.05, 4.69) is 35.1 Å². The maximum Gasteiger partial charge on any atom is 0.0544 e. The van der Waals surface area contributed by atoms with Crippen LogP contribution in [0.5, 0.6) is 0 Å². The highest BCUT2D eigenvalue weighted by atomic mass is 15.2. The maximum atomic E-state index is 4.35. The number of hydrogen-bond acceptors (Lipinski definition) is 3. The molecule has 1 aromatic heterocycles. The van der Waals surface area contributed by atoms with Gasteiger partial charge in [-0.25, -0.2) is 0 Å². The molecule has 1 aromatic rings. The van der Waals surface area contributed by atoms with Crippen molar-refractivity contribution in [3.05, 3.63) is 30.1 Å². The summed E-state index contributed by atoms with van der Waals surface area (Å²) >= 11 is 0. The van der Waals surface area contributed by atoms with E-state index in [1.807, 2.05) is 25.4 Å². The summed E-state index contributed by atoms with van der Waals surface area (Å²) in [5.74, 6) is 0. The third kappa shape index (κ3) is 3.98. The first kappa shape index (κ1) is 12.1. The topological polar surface area (TPSA) is 28.2 Å². The highest BCUT2D eigenvalue weighted by Crippen LogP contribution is 2.04. The molecule has 0 aliphatic rings. The summed E-state index contributed by atoms with van der Waals surface area (Å²) < 4.78 is 0. The Morgan fingerprint density at radius 3 is 2.80 bits per heavy atom. The Hall–Kier alpha value is -0.930. The number of nitrogens with zero attached hydrogens (tertiary/aromatic N) is 2. The van der Waals surface area contributed by atoms with Crippen LogP contribution in [0.3, 0.4) is 0 Å². The van der Waals surface area contributed by atoms with Crippen molar-refractivity contribution in [2.24, 2.45) is 0 Å². The van der Waals surface area contributed by atoms with Crippen LogP contribution in [-0.2, 0) is 6.54 Å². The van der Waals surface area contributed by atoms with E-state index in [0.717, 1.165) is 25.3 Å². The van der Waals surface area contributed by atoms with Gasteiger partial charge in [0.15, 0.2) is 0 Å². The van der Waals surface area contributed by atoms with Crippen LogP contribution in [0.1, 0.15) is 19.5 Å². The fourth-order valence-electron chi connectivity index (χ4n) is 1.70. The maximum absolute atomic E-state index is 4.35. The van der Waals surface area contributed by atoms with E-state index < -0.39 is 0 Å². The highest BCUT2D eigenvalue weighted by molar-refractivity contribution is 5.03. The summed E-state index contributed by atoms with van der Waals surface area (Å²) in [6.07, 6.45) is 1.85. The first-order valence-electron chi connectivity index (χ1n) is 5.56. The van der Waals surface area contributed by atoms with Crippen molar-refractivity contribution in [3.8, 4) is 0 Å². The second-order valence-electron chi connectivity index (χ2n) is 3.79. The Morgan fingerprint density at radius 2 is 2.27 bits per heavy atom. The first-order chi connectivity index (χ1) is 7.27. The first-order valence-corrected chi connectivity index (χ1v) is 5.56. The lowest BCUT2D eigenvalue weighted by Gasteiger charge is -2.27. The van der Waals surface area contributed by atoms with Crippen LogP contribution in [0.15, 0.2) is 24.4 Å². The second kappa shape index (κ2) is 6.53. The molecule has 1 heterocycles. The zero-order valence-corrected chi connectivity index (χ0v) is 9.90. The van der Waals surface area contributed by atoms with Gasteiger partial charge in [0, 0.05) is 25.3 Å². The molecule has 0 spiro atoms. The lowest BCUT2D eigenvalue weighted by molar-refractivity contribution is 0.206. The fourth-order valence-corrected chi connectivity index (χ4v) is 1.70. The van der Waals surface area contributed by atoms with Gasteiger partial charge in [0.05, 0.1) is 5.69 Å². The zero-order valence-electron chi connectivity index (χ0n) is 9.90. The SMILES string of the molecule is CCN(Cc1ccccn1)C(C)CNC. The number of rotatable bonds is 6. The van der Waals surface area contributed by atoms with Gasteiger partial charge in [-0.3, -0.25) is 9.88 Å². The molecule has 1 rings (SSSR count). The Bertz CT molecular complexity index is 261. The van der Waals surface area contributed by atoms with E-state index >= 15 is 0 Å². The smallest absolute Gasteiger partial charge is 0.0544 e. The van der Waals surface area contributed by atoms with Gasteiger partial charge in [0.1, 0.15) is 0 Å². The minimum absolute atomic E-state index is 0.544. The van der Waals surface area contributed by atoms with E-state index in [-0.39, 0.29) is 0 Å². The molecule has 0 aliphatic carbocycles. The van der Waals surface area contributed by atoms with Gasteiger partial charge < -0.3 is 5.32 Å². The summed E-state index contributed by atoms with van der Waals surface area (Å²) in [5, 5.41) is 3.21. The third-order valence-corrected chi connectivity index (χ3v) is 2.62. The van der Waals surface area contributed by atoms with Gasteiger partial charge in [0.25, 0.3) is 0 Å². The van der Waals surface area contributed by atoms with Crippen LogP contribution in [0.4, 0.5) is 0 Å². The summed E-state index contributed by atoms with van der Waals surface area (Å²) in [4.78, 5) is 6.76. The third-order valence-electron chi connectivity index (χ3n) is 2.62. The summed E-state index contributed by atoms with van der Waals surface area (Å²) in [6.45, 7) is 7.43. The molecule has 1 N–H and O–H groups in total. The van der Waals surface area contributed by atoms with Crippen molar-refractivity contribution in [1.29, 1.82) is 0 Å². The monoisotopic (exact) mass is 207 g/mol. The van der Waals surface area contributed by atoms with Crippen LogP contribution in [0.25, 0.3) is 0 Å². The predicted molar refractivity (Wildman–Crippen MR) is 63.7 cm³/mol. The van der Waals surface area contributed by atoms with Gasteiger partial charge in [-0.05, 0) is 32.6 Å². The van der Waals surface area contributed by atoms with E-state index in [0.29, 0.717) is 6.04 Å². The van der Waals surface area contributed by atoms with E-state index in [9.17, 15) is 0 Å². The standard InChI is InChI=1S/C12H21N3/c1-4-15(11(2)9-13-3)10-12-7-5-6-8-14-12/h5-8,11,13H,4,9-10H2,1-3H3. The van der Waals surface area contributed by atoms with E-state index in [4.69, 9.17) is 0 Å². The number of nitrogens with one attached hydrogen (secondary N) is 1. The minimum Gasteiger partial charge on any atom is -0.318 e. The second-order valence-corrected chi connectivity index (χ2v) is 3.79. The van der Waals surface area contributed by atoms with E-state index in [1.54, 1.807) is 0 Å². The molecule has 0 fully saturated rings. The Kier molecular flexibility index (Phi) is 5.29. The molecular formula is C12H21N3. The van der Waals surface area contributed by atoms with Crippen molar-refractivity contribution in [3.63, 3.8) is 0 Å². The Morgan fingerprint density at radius 1 is 1.47 bits per heavy atom. The van der Waals surface area contributed by atoms with Crippen LogP contribution in [0.2, 0.25) is 0 Å². The summed E-state index contributed by atoms with van der Waals surface area (Å²) in [5.41, 5.74) is 1.14. The fraction of sp³-hybridized carbons (Fsp3) is 0.583. The Balaban J connectivity index is 2.53. The average Bonchev–Trinajstić information content (AvgIpc) is 2.27. The van der Waals surface area contributed by atoms with Gasteiger partial charge in [-0.15, -0.1) is 0 Å². The quantitative estimate of drug-likeness (QED) is 0.766. The van der Waals surface area contributed by atoms with Crippen molar-refractivity contribution >= 4 is 0 Å². The number of likely N-dealkylation sites (N-methyl/N-ethyl adjacent to an activating group) is 2. The van der Waals surface area contributed by atoms with Crippen LogP contribution < -0.4 is 5.32 Å². The normalized spacial score (nSPS) is 13.1. The molecule has 15 heavy (non-hydrogen) atoms. The molecule has 1 unspecified atom stereocenters. The van der Waals surface area contributed by atoms with Crippen molar-refractivity contribution in [2.45, 2.75) is 26.4 Å². The molecule has 0 aliphatic heterocycles. The van der Waals surface area contributed by atoms with Gasteiger partial charge in [-0.1, -0.05) is 13.0 Å².